The second kappa shape index (κ2) is 12.6. The number of carbonyl (C=O) groups excluding carboxylic acids is 3. The average Bonchev–Trinajstić information content (AvgIpc) is 2.70. The number of alkyl carbamates (subject to hydrolysis) is 1. The van der Waals surface area contributed by atoms with Crippen molar-refractivity contribution in [3.8, 4) is 5.75 Å². The van der Waals surface area contributed by atoms with Gasteiger partial charge in [-0.05, 0) is 77.1 Å². The molecule has 0 radical (unpaired) electrons. The van der Waals surface area contributed by atoms with Crippen molar-refractivity contribution >= 4 is 17.9 Å². The summed E-state index contributed by atoms with van der Waals surface area (Å²) in [5.41, 5.74) is 0.482. The van der Waals surface area contributed by atoms with E-state index in [4.69, 9.17) is 4.74 Å². The topological polar surface area (TPSA) is 108 Å². The molecule has 1 aromatic rings. The molecular formula is C26H43N3O5. The molecule has 0 bridgehead atoms. The lowest BCUT2D eigenvalue weighted by molar-refractivity contribution is -0.145. The zero-order chi connectivity index (χ0) is 26.2. The van der Waals surface area contributed by atoms with Gasteiger partial charge in [0.05, 0.1) is 0 Å². The molecule has 8 nitrogen and oxygen atoms in total. The third kappa shape index (κ3) is 8.54. The highest BCUT2D eigenvalue weighted by atomic mass is 16.6. The Balaban J connectivity index is 3.43. The van der Waals surface area contributed by atoms with Gasteiger partial charge in [-0.15, -0.1) is 0 Å². The monoisotopic (exact) mass is 477 g/mol. The molecule has 0 heterocycles. The predicted molar refractivity (Wildman–Crippen MR) is 133 cm³/mol. The maximum absolute atomic E-state index is 13.9. The summed E-state index contributed by atoms with van der Waals surface area (Å²) in [5, 5.41) is 15.6. The highest BCUT2D eigenvalue weighted by Crippen LogP contribution is 2.29. The van der Waals surface area contributed by atoms with E-state index in [1.54, 1.807) is 39.8 Å². The maximum Gasteiger partial charge on any atom is 0.408 e. The number of phenols is 1. The van der Waals surface area contributed by atoms with Gasteiger partial charge in [-0.25, -0.2) is 4.79 Å². The minimum absolute atomic E-state index is 0.114. The molecule has 1 aromatic carbocycles. The number of ether oxygens (including phenoxy) is 1. The van der Waals surface area contributed by atoms with Crippen LogP contribution in [-0.2, 0) is 14.3 Å². The van der Waals surface area contributed by atoms with Gasteiger partial charge in [-0.2, -0.15) is 0 Å². The number of amides is 3. The molecule has 0 fully saturated rings. The van der Waals surface area contributed by atoms with Crippen molar-refractivity contribution in [1.82, 2.24) is 15.5 Å². The van der Waals surface area contributed by atoms with Gasteiger partial charge in [0.1, 0.15) is 23.4 Å². The van der Waals surface area contributed by atoms with Crippen LogP contribution in [0.4, 0.5) is 4.79 Å². The molecule has 1 rings (SSSR count). The number of carbonyl (C=O) groups is 3. The van der Waals surface area contributed by atoms with Crippen molar-refractivity contribution < 1.29 is 24.2 Å². The first kappa shape index (κ1) is 29.3. The molecule has 0 saturated carbocycles. The smallest absolute Gasteiger partial charge is 0.408 e. The fourth-order valence-electron chi connectivity index (χ4n) is 3.56. The van der Waals surface area contributed by atoms with Crippen LogP contribution in [0, 0.1) is 12.8 Å². The molecule has 192 valence electrons. The standard InChI is InChI=1S/C26H43N3O5/c1-10-11-14-27-23(31)22(19-12-13-20(30)18(6)15-19)29(17(4)5)24(32)21(16(2)3)28-25(33)34-26(7,8)9/h12-13,15-17,21-22,30H,10-11,14H2,1-9H3,(H,27,31)(H,28,33). The van der Waals surface area contributed by atoms with Crippen molar-refractivity contribution in [3.63, 3.8) is 0 Å². The van der Waals surface area contributed by atoms with E-state index in [1.807, 2.05) is 34.6 Å². The summed E-state index contributed by atoms with van der Waals surface area (Å²) in [6.07, 6.45) is 1.05. The lowest BCUT2D eigenvalue weighted by Crippen LogP contribution is -2.56. The second-order valence-electron chi connectivity index (χ2n) is 10.3. The van der Waals surface area contributed by atoms with Crippen LogP contribution in [0.15, 0.2) is 18.2 Å². The maximum atomic E-state index is 13.9. The van der Waals surface area contributed by atoms with E-state index < -0.39 is 23.8 Å². The van der Waals surface area contributed by atoms with Gasteiger partial charge < -0.3 is 25.4 Å². The first-order chi connectivity index (χ1) is 15.7. The summed E-state index contributed by atoms with van der Waals surface area (Å²) >= 11 is 0. The quantitative estimate of drug-likeness (QED) is 0.432. The Bertz CT molecular complexity index is 845. The number of hydrogen-bond donors (Lipinski definition) is 3. The van der Waals surface area contributed by atoms with Crippen LogP contribution < -0.4 is 10.6 Å². The molecule has 34 heavy (non-hydrogen) atoms. The van der Waals surface area contributed by atoms with E-state index in [2.05, 4.69) is 10.6 Å². The lowest BCUT2D eigenvalue weighted by Gasteiger charge is -2.38. The number of aromatic hydroxyl groups is 1. The minimum Gasteiger partial charge on any atom is -0.508 e. The predicted octanol–water partition coefficient (Wildman–Crippen LogP) is 4.44. The van der Waals surface area contributed by atoms with Gasteiger partial charge in [0.25, 0.3) is 0 Å². The Morgan fingerprint density at radius 2 is 1.74 bits per heavy atom. The second-order valence-corrected chi connectivity index (χ2v) is 10.3. The molecule has 8 heteroatoms. The fraction of sp³-hybridized carbons (Fsp3) is 0.654. The SMILES string of the molecule is CCCCNC(=O)C(c1ccc(O)c(C)c1)N(C(=O)C(NC(=O)OC(C)(C)C)C(C)C)C(C)C. The van der Waals surface area contributed by atoms with Crippen LogP contribution >= 0.6 is 0 Å². The van der Waals surface area contributed by atoms with Crippen molar-refractivity contribution in [1.29, 1.82) is 0 Å². The van der Waals surface area contributed by atoms with E-state index >= 15 is 0 Å². The lowest BCUT2D eigenvalue weighted by atomic mass is 9.96. The van der Waals surface area contributed by atoms with Gasteiger partial charge in [-0.3, -0.25) is 9.59 Å². The van der Waals surface area contributed by atoms with Gasteiger partial charge in [0.15, 0.2) is 0 Å². The molecule has 0 aliphatic heterocycles. The average molecular weight is 478 g/mol. The molecule has 3 N–H and O–H groups in total. The largest absolute Gasteiger partial charge is 0.508 e. The molecule has 3 amide bonds. The number of benzene rings is 1. The van der Waals surface area contributed by atoms with E-state index in [0.717, 1.165) is 12.8 Å². The summed E-state index contributed by atoms with van der Waals surface area (Å²) in [5.74, 6) is -0.813. The Morgan fingerprint density at radius 3 is 2.21 bits per heavy atom. The van der Waals surface area contributed by atoms with Crippen LogP contribution in [0.25, 0.3) is 0 Å². The molecule has 0 aromatic heterocycles. The fourth-order valence-corrected chi connectivity index (χ4v) is 3.56. The van der Waals surface area contributed by atoms with Gasteiger partial charge in [0, 0.05) is 12.6 Å². The van der Waals surface area contributed by atoms with E-state index in [1.165, 1.54) is 11.0 Å². The Morgan fingerprint density at radius 1 is 1.12 bits per heavy atom. The van der Waals surface area contributed by atoms with Crippen LogP contribution in [0.5, 0.6) is 5.75 Å². The zero-order valence-corrected chi connectivity index (χ0v) is 22.2. The van der Waals surface area contributed by atoms with Crippen molar-refractivity contribution in [2.24, 2.45) is 5.92 Å². The highest BCUT2D eigenvalue weighted by molar-refractivity contribution is 5.92. The van der Waals surface area contributed by atoms with E-state index in [9.17, 15) is 19.5 Å². The number of phenolic OH excluding ortho intramolecular Hbond substituents is 1. The van der Waals surface area contributed by atoms with Crippen molar-refractivity contribution in [3.05, 3.63) is 29.3 Å². The Kier molecular flexibility index (Phi) is 10.9. The van der Waals surface area contributed by atoms with Crippen LogP contribution in [0.1, 0.15) is 85.4 Å². The Labute approximate surface area is 204 Å². The number of nitrogens with one attached hydrogen (secondary N) is 2. The van der Waals surface area contributed by atoms with Crippen molar-refractivity contribution in [2.45, 2.75) is 98.9 Å². The summed E-state index contributed by atoms with van der Waals surface area (Å²) < 4.78 is 5.37. The normalized spacial score (nSPS) is 13.4. The van der Waals surface area contributed by atoms with Crippen molar-refractivity contribution in [2.75, 3.05) is 6.54 Å². The number of hydrogen-bond acceptors (Lipinski definition) is 5. The number of rotatable bonds is 10. The molecule has 0 aliphatic rings. The van der Waals surface area contributed by atoms with Crippen LogP contribution in [0.3, 0.4) is 0 Å². The first-order valence-corrected chi connectivity index (χ1v) is 12.1. The van der Waals surface area contributed by atoms with Crippen LogP contribution in [0.2, 0.25) is 0 Å². The molecule has 2 atom stereocenters. The number of unbranched alkanes of at least 4 members (excludes halogenated alkanes) is 1. The summed E-state index contributed by atoms with van der Waals surface area (Å²) in [6.45, 7) is 16.9. The molecule has 2 unspecified atom stereocenters. The zero-order valence-electron chi connectivity index (χ0n) is 22.2. The Hall–Kier alpha value is -2.77. The van der Waals surface area contributed by atoms with Gasteiger partial charge in [-0.1, -0.05) is 33.3 Å². The number of aryl methyl sites for hydroxylation is 1. The van der Waals surface area contributed by atoms with E-state index in [-0.39, 0.29) is 29.5 Å². The molecular weight excluding hydrogens is 434 g/mol. The molecule has 0 spiro atoms. The molecule has 0 aliphatic carbocycles. The molecule has 0 saturated heterocycles. The third-order valence-corrected chi connectivity index (χ3v) is 5.31. The van der Waals surface area contributed by atoms with Crippen LogP contribution in [-0.4, -0.2) is 52.1 Å². The summed E-state index contributed by atoms with van der Waals surface area (Å²) in [6, 6.07) is 2.74. The minimum atomic E-state index is -0.926. The van der Waals surface area contributed by atoms with E-state index in [0.29, 0.717) is 17.7 Å². The third-order valence-electron chi connectivity index (χ3n) is 5.31. The first-order valence-electron chi connectivity index (χ1n) is 12.1. The summed E-state index contributed by atoms with van der Waals surface area (Å²) in [7, 11) is 0. The van der Waals surface area contributed by atoms with Gasteiger partial charge >= 0.3 is 6.09 Å². The highest BCUT2D eigenvalue weighted by Gasteiger charge is 2.38. The van der Waals surface area contributed by atoms with Gasteiger partial charge in [0.2, 0.25) is 11.8 Å². The summed E-state index contributed by atoms with van der Waals surface area (Å²) in [4.78, 5) is 41.2. The number of nitrogens with zero attached hydrogens (tertiary/aromatic N) is 1.